The number of nitrogens with zero attached hydrogens (tertiary/aromatic N) is 2. The number of ether oxygens (including phenoxy) is 1. The number of rotatable bonds is 7. The molecular weight excluding hydrogens is 346 g/mol. The number of aromatic nitrogens is 1. The van der Waals surface area contributed by atoms with Gasteiger partial charge in [0.1, 0.15) is 13.1 Å². The number of hydrogen-bond acceptors (Lipinski definition) is 4. The van der Waals surface area contributed by atoms with Crippen LogP contribution in [0.1, 0.15) is 34.3 Å². The minimum absolute atomic E-state index is 0.126. The summed E-state index contributed by atoms with van der Waals surface area (Å²) in [5.41, 5.74) is 2.23. The molecule has 1 saturated heterocycles. The van der Waals surface area contributed by atoms with E-state index in [0.717, 1.165) is 61.2 Å². The summed E-state index contributed by atoms with van der Waals surface area (Å²) in [6.45, 7) is 10.3. The zero-order valence-electron chi connectivity index (χ0n) is 15.7. The first-order chi connectivity index (χ1) is 12.6. The quantitative estimate of drug-likeness (QED) is 0.746. The summed E-state index contributed by atoms with van der Waals surface area (Å²) < 4.78 is 7.66. The molecule has 0 radical (unpaired) electrons. The van der Waals surface area contributed by atoms with Gasteiger partial charge < -0.3 is 14.2 Å². The maximum Gasteiger partial charge on any atom is 0.185 e. The van der Waals surface area contributed by atoms with E-state index in [1.807, 2.05) is 25.1 Å². The highest BCUT2D eigenvalue weighted by Crippen LogP contribution is 2.13. The van der Waals surface area contributed by atoms with E-state index < -0.39 is 0 Å². The number of hydrogen-bond donors (Lipinski definition) is 1. The molecule has 3 rings (SSSR count). The van der Waals surface area contributed by atoms with Crippen LogP contribution in [0.2, 0.25) is 0 Å². The molecule has 26 heavy (non-hydrogen) atoms. The van der Waals surface area contributed by atoms with Crippen LogP contribution in [0.4, 0.5) is 0 Å². The zero-order chi connectivity index (χ0) is 18.4. The Morgan fingerprint density at radius 2 is 2.00 bits per heavy atom. The van der Waals surface area contributed by atoms with Gasteiger partial charge in [-0.05, 0) is 12.5 Å². The van der Waals surface area contributed by atoms with E-state index in [9.17, 15) is 4.79 Å². The molecule has 140 valence electrons. The first-order valence-electron chi connectivity index (χ1n) is 9.32. The third-order valence-corrected chi connectivity index (χ3v) is 6.15. The Morgan fingerprint density at radius 1 is 1.27 bits per heavy atom. The van der Waals surface area contributed by atoms with Crippen molar-refractivity contribution in [2.24, 2.45) is 4.99 Å². The van der Waals surface area contributed by atoms with E-state index >= 15 is 0 Å². The van der Waals surface area contributed by atoms with Crippen molar-refractivity contribution in [1.29, 1.82) is 0 Å². The SMILES string of the molecule is CC(=O)c1sc(=NCc2ccccc2)n(CCC[NH+]2CCOCC2)c1C. The molecule has 1 N–H and O–H groups in total. The topological polar surface area (TPSA) is 48.0 Å². The first kappa shape index (κ1) is 19.0. The van der Waals surface area contributed by atoms with E-state index in [4.69, 9.17) is 9.73 Å². The molecule has 0 spiro atoms. The average molecular weight is 375 g/mol. The van der Waals surface area contributed by atoms with Crippen molar-refractivity contribution >= 4 is 17.1 Å². The number of carbonyl (C=O) groups excluding carboxylic acids is 1. The molecule has 6 heteroatoms. The molecule has 0 saturated carbocycles. The lowest BCUT2D eigenvalue weighted by Crippen LogP contribution is -3.14. The molecule has 1 aliphatic heterocycles. The van der Waals surface area contributed by atoms with E-state index in [1.165, 1.54) is 16.9 Å². The lowest BCUT2D eigenvalue weighted by Gasteiger charge is -2.23. The number of benzene rings is 1. The number of thiazole rings is 1. The molecule has 0 amide bonds. The minimum atomic E-state index is 0.126. The monoisotopic (exact) mass is 374 g/mol. The van der Waals surface area contributed by atoms with Crippen LogP contribution < -0.4 is 9.70 Å². The highest BCUT2D eigenvalue weighted by molar-refractivity contribution is 7.11. The number of ketones is 1. The average Bonchev–Trinajstić information content (AvgIpc) is 2.98. The van der Waals surface area contributed by atoms with Crippen LogP contribution in [0, 0.1) is 6.92 Å². The zero-order valence-corrected chi connectivity index (χ0v) is 16.5. The molecule has 2 aromatic rings. The van der Waals surface area contributed by atoms with Crippen LogP contribution >= 0.6 is 11.3 Å². The van der Waals surface area contributed by atoms with Crippen molar-refractivity contribution < 1.29 is 14.4 Å². The standard InChI is InChI=1S/C20H27N3O2S/c1-16-19(17(2)24)26-20(21-15-18-7-4-3-5-8-18)23(16)10-6-9-22-11-13-25-14-12-22/h3-5,7-8H,6,9-15H2,1-2H3/p+1. The van der Waals surface area contributed by atoms with Crippen LogP contribution in [-0.2, 0) is 17.8 Å². The van der Waals surface area contributed by atoms with Gasteiger partial charge >= 0.3 is 0 Å². The summed E-state index contributed by atoms with van der Waals surface area (Å²) in [5, 5.41) is 0. The Morgan fingerprint density at radius 3 is 2.69 bits per heavy atom. The fourth-order valence-electron chi connectivity index (χ4n) is 3.33. The normalized spacial score (nSPS) is 16.2. The highest BCUT2D eigenvalue weighted by Gasteiger charge is 2.16. The predicted molar refractivity (Wildman–Crippen MR) is 104 cm³/mol. The molecule has 2 heterocycles. The van der Waals surface area contributed by atoms with Gasteiger partial charge in [-0.1, -0.05) is 41.7 Å². The van der Waals surface area contributed by atoms with Crippen molar-refractivity contribution in [2.75, 3.05) is 32.8 Å². The third kappa shape index (κ3) is 4.90. The second kappa shape index (κ2) is 9.26. The fourth-order valence-corrected chi connectivity index (χ4v) is 4.39. The summed E-state index contributed by atoms with van der Waals surface area (Å²) >= 11 is 1.52. The van der Waals surface area contributed by atoms with Crippen molar-refractivity contribution in [1.82, 2.24) is 4.57 Å². The number of Topliss-reactive ketones (excluding diaryl/α,β-unsaturated/α-hetero) is 1. The van der Waals surface area contributed by atoms with Crippen LogP contribution in [0.3, 0.4) is 0 Å². The summed E-state index contributed by atoms with van der Waals surface area (Å²) in [6.07, 6.45) is 1.09. The predicted octanol–water partition coefficient (Wildman–Crippen LogP) is 1.47. The van der Waals surface area contributed by atoms with Crippen LogP contribution in [0.5, 0.6) is 0 Å². The number of morpholine rings is 1. The number of quaternary nitrogens is 1. The molecule has 0 bridgehead atoms. The number of carbonyl (C=O) groups is 1. The lowest BCUT2D eigenvalue weighted by molar-refractivity contribution is -0.908. The van der Waals surface area contributed by atoms with Crippen molar-refractivity contribution in [3.8, 4) is 0 Å². The van der Waals surface area contributed by atoms with Crippen LogP contribution in [0.15, 0.2) is 35.3 Å². The Labute approximate surface area is 158 Å². The molecular formula is C20H28N3O2S+. The number of nitrogens with one attached hydrogen (secondary N) is 1. The van der Waals surface area contributed by atoms with Crippen molar-refractivity contribution in [3.05, 3.63) is 51.3 Å². The van der Waals surface area contributed by atoms with Gasteiger partial charge in [0.15, 0.2) is 10.6 Å². The smallest absolute Gasteiger partial charge is 0.185 e. The van der Waals surface area contributed by atoms with E-state index in [1.54, 1.807) is 11.8 Å². The Bertz CT molecular complexity index is 789. The maximum atomic E-state index is 12.0. The Hall–Kier alpha value is -1.76. The molecule has 0 atom stereocenters. The summed E-state index contributed by atoms with van der Waals surface area (Å²) in [4.78, 5) is 20.2. The van der Waals surface area contributed by atoms with Gasteiger partial charge in [-0.25, -0.2) is 0 Å². The van der Waals surface area contributed by atoms with Crippen molar-refractivity contribution in [3.63, 3.8) is 0 Å². The van der Waals surface area contributed by atoms with E-state index in [0.29, 0.717) is 6.54 Å². The van der Waals surface area contributed by atoms with Gasteiger partial charge in [-0.2, -0.15) is 0 Å². The van der Waals surface area contributed by atoms with Gasteiger partial charge in [0.25, 0.3) is 0 Å². The Balaban J connectivity index is 1.74. The largest absolute Gasteiger partial charge is 0.370 e. The fraction of sp³-hybridized carbons (Fsp3) is 0.500. The summed E-state index contributed by atoms with van der Waals surface area (Å²) in [6, 6.07) is 10.3. The first-order valence-corrected chi connectivity index (χ1v) is 10.1. The molecule has 1 fully saturated rings. The Kier molecular flexibility index (Phi) is 6.77. The second-order valence-electron chi connectivity index (χ2n) is 6.77. The van der Waals surface area contributed by atoms with Crippen molar-refractivity contribution in [2.45, 2.75) is 33.4 Å². The molecule has 1 aromatic carbocycles. The second-order valence-corrected chi connectivity index (χ2v) is 7.75. The molecule has 1 aromatic heterocycles. The lowest BCUT2D eigenvalue weighted by atomic mass is 10.2. The minimum Gasteiger partial charge on any atom is -0.370 e. The summed E-state index contributed by atoms with van der Waals surface area (Å²) in [5.74, 6) is 0.126. The van der Waals surface area contributed by atoms with Crippen LogP contribution in [-0.4, -0.2) is 43.2 Å². The van der Waals surface area contributed by atoms with Crippen LogP contribution in [0.25, 0.3) is 0 Å². The maximum absolute atomic E-state index is 12.0. The molecule has 1 aliphatic rings. The highest BCUT2D eigenvalue weighted by atomic mass is 32.1. The van der Waals surface area contributed by atoms with Gasteiger partial charge in [0.05, 0.1) is 31.2 Å². The summed E-state index contributed by atoms with van der Waals surface area (Å²) in [7, 11) is 0. The van der Waals surface area contributed by atoms with Gasteiger partial charge in [0.2, 0.25) is 0 Å². The van der Waals surface area contributed by atoms with Gasteiger partial charge in [0, 0.05) is 25.6 Å². The molecule has 5 nitrogen and oxygen atoms in total. The van der Waals surface area contributed by atoms with Gasteiger partial charge in [-0.15, -0.1) is 0 Å². The van der Waals surface area contributed by atoms with E-state index in [-0.39, 0.29) is 5.78 Å². The molecule has 0 aliphatic carbocycles. The third-order valence-electron chi connectivity index (χ3n) is 4.83. The molecule has 0 unspecified atom stereocenters. The van der Waals surface area contributed by atoms with E-state index in [2.05, 4.69) is 16.7 Å². The van der Waals surface area contributed by atoms with Gasteiger partial charge in [-0.3, -0.25) is 9.79 Å².